The molecule has 0 heterocycles. The first-order valence-corrected chi connectivity index (χ1v) is 7.06. The maximum atomic E-state index is 5.89. The van der Waals surface area contributed by atoms with E-state index in [1.807, 2.05) is 7.05 Å². The molecule has 2 rings (SSSR count). The molecule has 106 valence electrons. The van der Waals surface area contributed by atoms with Crippen LogP contribution in [0.2, 0.25) is 0 Å². The van der Waals surface area contributed by atoms with Gasteiger partial charge in [0.1, 0.15) is 5.75 Å². The van der Waals surface area contributed by atoms with E-state index in [-0.39, 0.29) is 11.6 Å². The molecule has 1 atom stereocenters. The Balaban J connectivity index is 2.22. The van der Waals surface area contributed by atoms with Crippen LogP contribution in [0.4, 0.5) is 0 Å². The fourth-order valence-corrected chi connectivity index (χ4v) is 2.33. The zero-order valence-electron chi connectivity index (χ0n) is 12.7. The van der Waals surface area contributed by atoms with Crippen molar-refractivity contribution in [1.82, 2.24) is 10.2 Å². The summed E-state index contributed by atoms with van der Waals surface area (Å²) in [7, 11) is 6.26. The van der Waals surface area contributed by atoms with Crippen molar-refractivity contribution in [3.8, 4) is 5.75 Å². The third kappa shape index (κ3) is 3.28. The summed E-state index contributed by atoms with van der Waals surface area (Å²) < 4.78 is 5.89. The molecular formula is C16H26N2O. The minimum Gasteiger partial charge on any atom is -0.490 e. The Kier molecular flexibility index (Phi) is 4.16. The molecule has 3 nitrogen and oxygen atoms in total. The number of benzene rings is 1. The van der Waals surface area contributed by atoms with Crippen molar-refractivity contribution >= 4 is 0 Å². The molecule has 0 spiro atoms. The zero-order chi connectivity index (χ0) is 14.0. The largest absolute Gasteiger partial charge is 0.490 e. The minimum absolute atomic E-state index is 0.0347. The van der Waals surface area contributed by atoms with E-state index in [1.165, 1.54) is 18.4 Å². The van der Waals surface area contributed by atoms with Gasteiger partial charge in [-0.05, 0) is 65.5 Å². The summed E-state index contributed by atoms with van der Waals surface area (Å²) in [6.07, 6.45) is 2.84. The van der Waals surface area contributed by atoms with Crippen LogP contribution in [0.15, 0.2) is 24.3 Å². The predicted molar refractivity (Wildman–Crippen MR) is 79.7 cm³/mol. The molecular weight excluding hydrogens is 236 g/mol. The Morgan fingerprint density at radius 1 is 1.32 bits per heavy atom. The molecule has 1 aliphatic carbocycles. The van der Waals surface area contributed by atoms with Gasteiger partial charge < -0.3 is 15.0 Å². The van der Waals surface area contributed by atoms with E-state index in [9.17, 15) is 0 Å². The average molecular weight is 262 g/mol. The van der Waals surface area contributed by atoms with Gasteiger partial charge in [0.2, 0.25) is 0 Å². The van der Waals surface area contributed by atoms with Crippen LogP contribution in [0.5, 0.6) is 5.75 Å². The lowest BCUT2D eigenvalue weighted by atomic mass is 9.87. The van der Waals surface area contributed by atoms with Crippen LogP contribution in [0.25, 0.3) is 0 Å². The highest BCUT2D eigenvalue weighted by atomic mass is 16.5. The molecule has 0 radical (unpaired) electrons. The van der Waals surface area contributed by atoms with Gasteiger partial charge >= 0.3 is 0 Å². The number of rotatable bonds is 6. The second-order valence-electron chi connectivity index (χ2n) is 6.16. The standard InChI is InChI=1S/C16H26N2O/c1-16(2,18(4)5)15(17-3)12-7-6-8-14(11-12)19-13-9-10-13/h6-8,11,13,15,17H,9-10H2,1-5H3. The summed E-state index contributed by atoms with van der Waals surface area (Å²) >= 11 is 0. The van der Waals surface area contributed by atoms with E-state index in [2.05, 4.69) is 62.4 Å². The number of ether oxygens (including phenoxy) is 1. The topological polar surface area (TPSA) is 24.5 Å². The molecule has 1 aliphatic rings. The SMILES string of the molecule is CNC(c1cccc(OC2CC2)c1)C(C)(C)N(C)C. The first kappa shape index (κ1) is 14.4. The molecule has 1 fully saturated rings. The Labute approximate surface area is 116 Å². The summed E-state index contributed by atoms with van der Waals surface area (Å²) in [5.74, 6) is 0.995. The second-order valence-corrected chi connectivity index (χ2v) is 6.16. The molecule has 1 aromatic carbocycles. The van der Waals surface area contributed by atoms with E-state index in [4.69, 9.17) is 4.74 Å². The van der Waals surface area contributed by atoms with Gasteiger partial charge in [-0.1, -0.05) is 12.1 Å². The molecule has 1 saturated carbocycles. The van der Waals surface area contributed by atoms with Crippen molar-refractivity contribution in [2.75, 3.05) is 21.1 Å². The van der Waals surface area contributed by atoms with Gasteiger partial charge in [0.25, 0.3) is 0 Å². The molecule has 0 amide bonds. The van der Waals surface area contributed by atoms with E-state index in [0.29, 0.717) is 6.10 Å². The fourth-order valence-electron chi connectivity index (χ4n) is 2.33. The molecule has 1 N–H and O–H groups in total. The Hall–Kier alpha value is -1.06. The van der Waals surface area contributed by atoms with Crippen LogP contribution in [0.1, 0.15) is 38.3 Å². The molecule has 19 heavy (non-hydrogen) atoms. The van der Waals surface area contributed by atoms with Crippen molar-refractivity contribution < 1.29 is 4.74 Å². The molecule has 3 heteroatoms. The van der Waals surface area contributed by atoms with E-state index in [0.717, 1.165) is 5.75 Å². The molecule has 1 unspecified atom stereocenters. The summed E-state index contributed by atoms with van der Waals surface area (Å²) in [4.78, 5) is 2.25. The van der Waals surface area contributed by atoms with Crippen molar-refractivity contribution in [2.45, 2.75) is 44.4 Å². The van der Waals surface area contributed by atoms with Crippen LogP contribution in [-0.2, 0) is 0 Å². The maximum Gasteiger partial charge on any atom is 0.120 e. The minimum atomic E-state index is 0.0347. The highest BCUT2D eigenvalue weighted by molar-refractivity contribution is 5.32. The number of hydrogen-bond donors (Lipinski definition) is 1. The maximum absolute atomic E-state index is 5.89. The molecule has 0 saturated heterocycles. The molecule has 0 bridgehead atoms. The number of nitrogens with one attached hydrogen (secondary N) is 1. The first-order chi connectivity index (χ1) is 8.95. The van der Waals surface area contributed by atoms with Crippen LogP contribution in [0, 0.1) is 0 Å². The van der Waals surface area contributed by atoms with Crippen LogP contribution in [-0.4, -0.2) is 37.7 Å². The van der Waals surface area contributed by atoms with Crippen molar-refractivity contribution in [3.05, 3.63) is 29.8 Å². The lowest BCUT2D eigenvalue weighted by molar-refractivity contribution is 0.142. The van der Waals surface area contributed by atoms with Gasteiger partial charge in [0.05, 0.1) is 6.10 Å². The fraction of sp³-hybridized carbons (Fsp3) is 0.625. The van der Waals surface area contributed by atoms with Gasteiger partial charge in [0, 0.05) is 11.6 Å². The van der Waals surface area contributed by atoms with E-state index >= 15 is 0 Å². The van der Waals surface area contributed by atoms with E-state index in [1.54, 1.807) is 0 Å². The Morgan fingerprint density at radius 3 is 2.53 bits per heavy atom. The Bertz CT molecular complexity index is 425. The zero-order valence-corrected chi connectivity index (χ0v) is 12.7. The quantitative estimate of drug-likeness (QED) is 0.853. The van der Waals surface area contributed by atoms with Crippen LogP contribution >= 0.6 is 0 Å². The van der Waals surface area contributed by atoms with Gasteiger partial charge in [0.15, 0.2) is 0 Å². The van der Waals surface area contributed by atoms with Gasteiger partial charge in [-0.2, -0.15) is 0 Å². The summed E-state index contributed by atoms with van der Waals surface area (Å²) in [6.45, 7) is 4.51. The monoisotopic (exact) mass is 262 g/mol. The lowest BCUT2D eigenvalue weighted by Crippen LogP contribution is -2.48. The number of likely N-dealkylation sites (N-methyl/N-ethyl adjacent to an activating group) is 2. The number of hydrogen-bond acceptors (Lipinski definition) is 3. The van der Waals surface area contributed by atoms with Crippen LogP contribution < -0.4 is 10.1 Å². The molecule has 0 aliphatic heterocycles. The van der Waals surface area contributed by atoms with Crippen molar-refractivity contribution in [3.63, 3.8) is 0 Å². The van der Waals surface area contributed by atoms with Crippen molar-refractivity contribution in [1.29, 1.82) is 0 Å². The predicted octanol–water partition coefficient (Wildman–Crippen LogP) is 2.83. The van der Waals surface area contributed by atoms with Gasteiger partial charge in [-0.15, -0.1) is 0 Å². The summed E-state index contributed by atoms with van der Waals surface area (Å²) in [5.41, 5.74) is 1.31. The third-order valence-corrected chi connectivity index (χ3v) is 4.17. The first-order valence-electron chi connectivity index (χ1n) is 7.06. The smallest absolute Gasteiger partial charge is 0.120 e. The number of nitrogens with zero attached hydrogens (tertiary/aromatic N) is 1. The second kappa shape index (κ2) is 5.51. The van der Waals surface area contributed by atoms with Gasteiger partial charge in [-0.25, -0.2) is 0 Å². The lowest BCUT2D eigenvalue weighted by Gasteiger charge is -2.40. The highest BCUT2D eigenvalue weighted by Gasteiger charge is 2.32. The van der Waals surface area contributed by atoms with Crippen LogP contribution in [0.3, 0.4) is 0 Å². The van der Waals surface area contributed by atoms with E-state index < -0.39 is 0 Å². The molecule has 0 aromatic heterocycles. The summed E-state index contributed by atoms with van der Waals surface area (Å²) in [6, 6.07) is 8.75. The normalized spacial score (nSPS) is 17.6. The average Bonchev–Trinajstić information content (AvgIpc) is 3.14. The Morgan fingerprint density at radius 2 is 2.00 bits per heavy atom. The highest BCUT2D eigenvalue weighted by Crippen LogP contribution is 2.32. The third-order valence-electron chi connectivity index (χ3n) is 4.17. The van der Waals surface area contributed by atoms with Crippen molar-refractivity contribution in [2.24, 2.45) is 0 Å². The summed E-state index contributed by atoms with van der Waals surface area (Å²) in [5, 5.41) is 3.44. The molecule has 1 aromatic rings. The van der Waals surface area contributed by atoms with Gasteiger partial charge in [-0.3, -0.25) is 0 Å².